The molecule has 4 nitrogen and oxygen atoms in total. The molecule has 1 aromatic carbocycles. The summed E-state index contributed by atoms with van der Waals surface area (Å²) in [7, 11) is 0. The fourth-order valence-corrected chi connectivity index (χ4v) is 3.33. The minimum Gasteiger partial charge on any atom is -0.494 e. The van der Waals surface area contributed by atoms with Gasteiger partial charge in [-0.15, -0.1) is 0 Å². The molecule has 0 amide bonds. The summed E-state index contributed by atoms with van der Waals surface area (Å²) in [6.45, 7) is 6.18. The van der Waals surface area contributed by atoms with E-state index < -0.39 is 11.5 Å². The van der Waals surface area contributed by atoms with Crippen molar-refractivity contribution in [3.8, 4) is 5.75 Å². The second-order valence-corrected chi connectivity index (χ2v) is 5.69. The molecule has 0 bridgehead atoms. The average Bonchev–Trinajstić information content (AvgIpc) is 2.84. The van der Waals surface area contributed by atoms with E-state index in [1.54, 1.807) is 0 Å². The van der Waals surface area contributed by atoms with Gasteiger partial charge in [-0.2, -0.15) is 0 Å². The summed E-state index contributed by atoms with van der Waals surface area (Å²) in [5.41, 5.74) is 0.431. The van der Waals surface area contributed by atoms with E-state index in [1.807, 2.05) is 31.2 Å². The van der Waals surface area contributed by atoms with E-state index in [0.29, 0.717) is 19.6 Å². The van der Waals surface area contributed by atoms with Crippen molar-refractivity contribution in [1.29, 1.82) is 0 Å². The average molecular weight is 291 g/mol. The summed E-state index contributed by atoms with van der Waals surface area (Å²) in [5.74, 6) is 0.174. The van der Waals surface area contributed by atoms with Crippen LogP contribution in [0.25, 0.3) is 0 Å². The molecule has 4 heteroatoms. The van der Waals surface area contributed by atoms with Crippen LogP contribution in [0, 0.1) is 0 Å². The van der Waals surface area contributed by atoms with Crippen LogP contribution >= 0.6 is 0 Å². The summed E-state index contributed by atoms with van der Waals surface area (Å²) in [5, 5.41) is 9.72. The molecule has 1 aliphatic heterocycles. The van der Waals surface area contributed by atoms with E-state index in [4.69, 9.17) is 4.74 Å². The molecular weight excluding hydrogens is 266 g/mol. The monoisotopic (exact) mass is 291 g/mol. The minimum absolute atomic E-state index is 0.641. The summed E-state index contributed by atoms with van der Waals surface area (Å²) in [6, 6.07) is 7.96. The summed E-state index contributed by atoms with van der Waals surface area (Å²) in [4.78, 5) is 13.9. The van der Waals surface area contributed by atoms with Gasteiger partial charge in [0.25, 0.3) is 0 Å². The fraction of sp³-hybridized carbons (Fsp3) is 0.588. The third kappa shape index (κ3) is 3.38. The molecule has 0 saturated carbocycles. The van der Waals surface area contributed by atoms with Crippen LogP contribution in [0.5, 0.6) is 5.75 Å². The zero-order valence-corrected chi connectivity index (χ0v) is 13.0. The van der Waals surface area contributed by atoms with Gasteiger partial charge in [0.1, 0.15) is 11.3 Å². The molecule has 1 aromatic rings. The molecule has 1 unspecified atom stereocenters. The zero-order chi connectivity index (χ0) is 15.3. The highest BCUT2D eigenvalue weighted by atomic mass is 16.5. The quantitative estimate of drug-likeness (QED) is 0.837. The van der Waals surface area contributed by atoms with Crippen molar-refractivity contribution < 1.29 is 14.6 Å². The van der Waals surface area contributed by atoms with Crippen molar-refractivity contribution in [3.63, 3.8) is 0 Å². The van der Waals surface area contributed by atoms with Crippen LogP contribution in [-0.4, -0.2) is 34.7 Å². The Kier molecular flexibility index (Phi) is 5.23. The van der Waals surface area contributed by atoms with Crippen molar-refractivity contribution in [1.82, 2.24) is 4.90 Å². The van der Waals surface area contributed by atoms with E-state index in [-0.39, 0.29) is 0 Å². The zero-order valence-electron chi connectivity index (χ0n) is 13.0. The van der Waals surface area contributed by atoms with Gasteiger partial charge in [-0.25, -0.2) is 0 Å². The van der Waals surface area contributed by atoms with Crippen LogP contribution in [0.2, 0.25) is 0 Å². The number of aliphatic carboxylic acids is 1. The van der Waals surface area contributed by atoms with Crippen LogP contribution in [0.4, 0.5) is 0 Å². The van der Waals surface area contributed by atoms with Crippen molar-refractivity contribution in [2.75, 3.05) is 13.2 Å². The largest absolute Gasteiger partial charge is 0.494 e. The van der Waals surface area contributed by atoms with Gasteiger partial charge in [0, 0.05) is 6.54 Å². The first-order valence-electron chi connectivity index (χ1n) is 7.82. The summed E-state index contributed by atoms with van der Waals surface area (Å²) < 4.78 is 5.52. The van der Waals surface area contributed by atoms with Gasteiger partial charge in [0.05, 0.1) is 6.61 Å². The number of nitrogens with zero attached hydrogens (tertiary/aromatic N) is 1. The van der Waals surface area contributed by atoms with Crippen LogP contribution in [0.15, 0.2) is 24.3 Å². The van der Waals surface area contributed by atoms with Crippen LogP contribution in [-0.2, 0) is 11.3 Å². The molecule has 116 valence electrons. The van der Waals surface area contributed by atoms with Gasteiger partial charge in [0.2, 0.25) is 0 Å². The first-order valence-corrected chi connectivity index (χ1v) is 7.82. The molecule has 1 saturated heterocycles. The van der Waals surface area contributed by atoms with Gasteiger partial charge < -0.3 is 9.84 Å². The maximum atomic E-state index is 11.8. The number of carboxylic acid groups (broad SMARTS) is 1. The maximum Gasteiger partial charge on any atom is 0.324 e. The van der Waals surface area contributed by atoms with Gasteiger partial charge in [-0.3, -0.25) is 9.69 Å². The maximum absolute atomic E-state index is 11.8. The van der Waals surface area contributed by atoms with E-state index in [9.17, 15) is 9.90 Å². The van der Waals surface area contributed by atoms with Crippen LogP contribution in [0.3, 0.4) is 0 Å². The lowest BCUT2D eigenvalue weighted by Crippen LogP contribution is -2.49. The highest BCUT2D eigenvalue weighted by Gasteiger charge is 2.46. The Bertz CT molecular complexity index is 489. The van der Waals surface area contributed by atoms with Crippen molar-refractivity contribution >= 4 is 5.97 Å². The number of carboxylic acids is 1. The third-order valence-electron chi connectivity index (χ3n) is 4.27. The molecule has 0 spiro atoms. The number of benzene rings is 1. The summed E-state index contributed by atoms with van der Waals surface area (Å²) >= 11 is 0. The number of likely N-dealkylation sites (tertiary alicyclic amines) is 1. The normalized spacial score (nSPS) is 22.4. The highest BCUT2D eigenvalue weighted by molar-refractivity contribution is 5.79. The van der Waals surface area contributed by atoms with E-state index in [0.717, 1.165) is 37.1 Å². The first-order chi connectivity index (χ1) is 10.1. The first kappa shape index (κ1) is 15.8. The fourth-order valence-electron chi connectivity index (χ4n) is 3.33. The molecular formula is C17H25NO3. The smallest absolute Gasteiger partial charge is 0.324 e. The number of hydrogen-bond donors (Lipinski definition) is 1. The Labute approximate surface area is 126 Å². The Morgan fingerprint density at radius 2 is 2.24 bits per heavy atom. The second-order valence-electron chi connectivity index (χ2n) is 5.69. The molecule has 0 aromatic heterocycles. The number of carbonyl (C=O) groups is 1. The number of rotatable bonds is 7. The van der Waals surface area contributed by atoms with Crippen molar-refractivity contribution in [2.24, 2.45) is 0 Å². The van der Waals surface area contributed by atoms with E-state index in [2.05, 4.69) is 11.8 Å². The molecule has 0 radical (unpaired) electrons. The van der Waals surface area contributed by atoms with Crippen LogP contribution < -0.4 is 4.74 Å². The Morgan fingerprint density at radius 3 is 2.90 bits per heavy atom. The van der Waals surface area contributed by atoms with Gasteiger partial charge in [-0.05, 0) is 50.4 Å². The van der Waals surface area contributed by atoms with Gasteiger partial charge in [0.15, 0.2) is 0 Å². The molecule has 0 aliphatic carbocycles. The number of hydrogen-bond acceptors (Lipinski definition) is 3. The third-order valence-corrected chi connectivity index (χ3v) is 4.27. The predicted molar refractivity (Wildman–Crippen MR) is 82.5 cm³/mol. The SMILES string of the molecule is CCCC1(C(=O)O)CCCN1Cc1cccc(OCC)c1. The molecule has 1 aliphatic rings. The predicted octanol–water partition coefficient (Wildman–Crippen LogP) is 3.30. The lowest BCUT2D eigenvalue weighted by molar-refractivity contribution is -0.150. The summed E-state index contributed by atoms with van der Waals surface area (Å²) in [6.07, 6.45) is 3.31. The molecule has 1 fully saturated rings. The van der Waals surface area contributed by atoms with Crippen molar-refractivity contribution in [3.05, 3.63) is 29.8 Å². The standard InChI is InChI=1S/C17H25NO3/c1-3-9-17(16(19)20)10-6-11-18(17)13-14-7-5-8-15(12-14)21-4-2/h5,7-8,12H,3-4,6,9-11,13H2,1-2H3,(H,19,20). The van der Waals surface area contributed by atoms with Gasteiger partial charge in [-0.1, -0.05) is 25.5 Å². The minimum atomic E-state index is -0.684. The van der Waals surface area contributed by atoms with E-state index in [1.165, 1.54) is 0 Å². The number of ether oxygens (including phenoxy) is 1. The molecule has 1 atom stereocenters. The highest BCUT2D eigenvalue weighted by Crippen LogP contribution is 2.35. The topological polar surface area (TPSA) is 49.8 Å². The Balaban J connectivity index is 2.17. The molecule has 21 heavy (non-hydrogen) atoms. The Hall–Kier alpha value is -1.55. The van der Waals surface area contributed by atoms with Gasteiger partial charge >= 0.3 is 5.97 Å². The van der Waals surface area contributed by atoms with Crippen molar-refractivity contribution in [2.45, 2.75) is 51.6 Å². The Morgan fingerprint density at radius 1 is 1.43 bits per heavy atom. The molecule has 1 N–H and O–H groups in total. The second kappa shape index (κ2) is 6.94. The molecule has 2 rings (SSSR count). The van der Waals surface area contributed by atoms with E-state index >= 15 is 0 Å². The lowest BCUT2D eigenvalue weighted by atomic mass is 9.90. The molecule has 1 heterocycles. The van der Waals surface area contributed by atoms with Crippen LogP contribution in [0.1, 0.15) is 45.1 Å². The lowest BCUT2D eigenvalue weighted by Gasteiger charge is -2.34.